The summed E-state index contributed by atoms with van der Waals surface area (Å²) in [7, 11) is 0. The highest BCUT2D eigenvalue weighted by atomic mass is 35.5. The SMILES string of the molecule is Clc1cccc(N2CCCC2)c1C1CCCCN1. The minimum Gasteiger partial charge on any atom is -0.371 e. The maximum Gasteiger partial charge on any atom is 0.0474 e. The van der Waals surface area contributed by atoms with Crippen LogP contribution in [0.4, 0.5) is 5.69 Å². The smallest absolute Gasteiger partial charge is 0.0474 e. The number of halogens is 1. The van der Waals surface area contributed by atoms with Crippen LogP contribution < -0.4 is 10.2 Å². The van der Waals surface area contributed by atoms with E-state index in [2.05, 4.69) is 22.3 Å². The lowest BCUT2D eigenvalue weighted by Crippen LogP contribution is -2.29. The van der Waals surface area contributed by atoms with E-state index in [-0.39, 0.29) is 0 Å². The van der Waals surface area contributed by atoms with Crippen molar-refractivity contribution in [3.8, 4) is 0 Å². The quantitative estimate of drug-likeness (QED) is 0.875. The Morgan fingerprint density at radius 1 is 1.11 bits per heavy atom. The molecule has 2 saturated heterocycles. The van der Waals surface area contributed by atoms with E-state index >= 15 is 0 Å². The molecule has 2 aliphatic rings. The van der Waals surface area contributed by atoms with Crippen molar-refractivity contribution in [1.29, 1.82) is 0 Å². The van der Waals surface area contributed by atoms with Crippen LogP contribution in [-0.2, 0) is 0 Å². The van der Waals surface area contributed by atoms with Crippen molar-refractivity contribution in [2.45, 2.75) is 38.1 Å². The van der Waals surface area contributed by atoms with Gasteiger partial charge in [0.05, 0.1) is 0 Å². The molecule has 0 aromatic heterocycles. The molecule has 2 fully saturated rings. The van der Waals surface area contributed by atoms with Crippen LogP contribution in [0.15, 0.2) is 18.2 Å². The normalized spacial score (nSPS) is 24.5. The number of hydrogen-bond donors (Lipinski definition) is 1. The second-order valence-corrected chi connectivity index (χ2v) is 5.78. The molecule has 0 amide bonds. The van der Waals surface area contributed by atoms with E-state index in [4.69, 9.17) is 11.6 Å². The van der Waals surface area contributed by atoms with Crippen LogP contribution in [0, 0.1) is 0 Å². The first-order valence-electron chi connectivity index (χ1n) is 7.13. The van der Waals surface area contributed by atoms with Crippen molar-refractivity contribution in [1.82, 2.24) is 5.32 Å². The zero-order chi connectivity index (χ0) is 12.4. The van der Waals surface area contributed by atoms with Gasteiger partial charge in [-0.2, -0.15) is 0 Å². The monoisotopic (exact) mass is 264 g/mol. The Bertz CT molecular complexity index is 407. The Labute approximate surface area is 114 Å². The molecule has 3 rings (SSSR count). The van der Waals surface area contributed by atoms with E-state index in [0.29, 0.717) is 6.04 Å². The van der Waals surface area contributed by atoms with Crippen molar-refractivity contribution in [3.63, 3.8) is 0 Å². The Balaban J connectivity index is 1.94. The van der Waals surface area contributed by atoms with Crippen molar-refractivity contribution in [2.75, 3.05) is 24.5 Å². The van der Waals surface area contributed by atoms with Gasteiger partial charge in [-0.15, -0.1) is 0 Å². The van der Waals surface area contributed by atoms with E-state index in [0.717, 1.165) is 11.6 Å². The van der Waals surface area contributed by atoms with Crippen molar-refractivity contribution >= 4 is 17.3 Å². The fraction of sp³-hybridized carbons (Fsp3) is 0.600. The highest BCUT2D eigenvalue weighted by Gasteiger charge is 2.24. The molecule has 1 unspecified atom stereocenters. The fourth-order valence-corrected chi connectivity index (χ4v) is 3.50. The number of benzene rings is 1. The summed E-state index contributed by atoms with van der Waals surface area (Å²) in [5, 5.41) is 4.56. The first-order chi connectivity index (χ1) is 8.86. The maximum atomic E-state index is 6.47. The van der Waals surface area contributed by atoms with Crippen LogP contribution >= 0.6 is 11.6 Å². The molecular formula is C15H21ClN2. The summed E-state index contributed by atoms with van der Waals surface area (Å²) in [6.45, 7) is 3.48. The molecule has 0 radical (unpaired) electrons. The lowest BCUT2D eigenvalue weighted by Gasteiger charge is -2.30. The molecule has 3 heteroatoms. The van der Waals surface area contributed by atoms with Gasteiger partial charge in [-0.05, 0) is 44.4 Å². The molecule has 18 heavy (non-hydrogen) atoms. The molecule has 0 saturated carbocycles. The van der Waals surface area contributed by atoms with Crippen molar-refractivity contribution < 1.29 is 0 Å². The van der Waals surface area contributed by atoms with Gasteiger partial charge < -0.3 is 10.2 Å². The molecule has 0 bridgehead atoms. The summed E-state index contributed by atoms with van der Waals surface area (Å²) >= 11 is 6.47. The van der Waals surface area contributed by atoms with Crippen LogP contribution in [-0.4, -0.2) is 19.6 Å². The zero-order valence-corrected chi connectivity index (χ0v) is 11.5. The number of nitrogens with zero attached hydrogens (tertiary/aromatic N) is 1. The summed E-state index contributed by atoms with van der Waals surface area (Å²) < 4.78 is 0. The molecule has 0 spiro atoms. The van der Waals surface area contributed by atoms with Gasteiger partial charge >= 0.3 is 0 Å². The highest BCUT2D eigenvalue weighted by molar-refractivity contribution is 6.31. The number of anilines is 1. The molecule has 1 atom stereocenters. The number of nitrogens with one attached hydrogen (secondary N) is 1. The van der Waals surface area contributed by atoms with E-state index in [1.54, 1.807) is 0 Å². The molecular weight excluding hydrogens is 244 g/mol. The second kappa shape index (κ2) is 5.50. The van der Waals surface area contributed by atoms with Gasteiger partial charge in [0, 0.05) is 35.4 Å². The van der Waals surface area contributed by atoms with Crippen LogP contribution in [0.5, 0.6) is 0 Å². The van der Waals surface area contributed by atoms with Crippen LogP contribution in [0.3, 0.4) is 0 Å². The van der Waals surface area contributed by atoms with Gasteiger partial charge in [-0.1, -0.05) is 24.1 Å². The molecule has 1 aromatic rings. The van der Waals surface area contributed by atoms with Gasteiger partial charge in [0.2, 0.25) is 0 Å². The predicted octanol–water partition coefficient (Wildman–Crippen LogP) is 3.75. The minimum absolute atomic E-state index is 0.447. The largest absolute Gasteiger partial charge is 0.371 e. The fourth-order valence-electron chi connectivity index (χ4n) is 3.20. The molecule has 1 aromatic carbocycles. The molecule has 1 N–H and O–H groups in total. The number of piperidine rings is 1. The summed E-state index contributed by atoms with van der Waals surface area (Å²) in [5.74, 6) is 0. The van der Waals surface area contributed by atoms with Gasteiger partial charge in [-0.25, -0.2) is 0 Å². The third kappa shape index (κ3) is 2.36. The molecule has 2 heterocycles. The Morgan fingerprint density at radius 3 is 2.67 bits per heavy atom. The Kier molecular flexibility index (Phi) is 3.76. The van der Waals surface area contributed by atoms with E-state index in [1.807, 2.05) is 6.07 Å². The maximum absolute atomic E-state index is 6.47. The molecule has 0 aliphatic carbocycles. The first kappa shape index (κ1) is 12.3. The van der Waals surface area contributed by atoms with Gasteiger partial charge in [0.15, 0.2) is 0 Å². The third-order valence-electron chi connectivity index (χ3n) is 4.14. The van der Waals surface area contributed by atoms with Gasteiger partial charge in [0.1, 0.15) is 0 Å². The Hall–Kier alpha value is -0.730. The van der Waals surface area contributed by atoms with Gasteiger partial charge in [-0.3, -0.25) is 0 Å². The summed E-state index contributed by atoms with van der Waals surface area (Å²) in [6, 6.07) is 6.81. The highest BCUT2D eigenvalue weighted by Crippen LogP contribution is 2.37. The average molecular weight is 265 g/mol. The molecule has 2 nitrogen and oxygen atoms in total. The lowest BCUT2D eigenvalue weighted by molar-refractivity contribution is 0.412. The van der Waals surface area contributed by atoms with Crippen LogP contribution in [0.2, 0.25) is 5.02 Å². The summed E-state index contributed by atoms with van der Waals surface area (Å²) in [6.07, 6.45) is 6.43. The number of rotatable bonds is 2. The second-order valence-electron chi connectivity index (χ2n) is 5.37. The topological polar surface area (TPSA) is 15.3 Å². The minimum atomic E-state index is 0.447. The zero-order valence-electron chi connectivity index (χ0n) is 10.8. The third-order valence-corrected chi connectivity index (χ3v) is 4.47. The van der Waals surface area contributed by atoms with E-state index in [9.17, 15) is 0 Å². The van der Waals surface area contributed by atoms with Crippen LogP contribution in [0.25, 0.3) is 0 Å². The van der Waals surface area contributed by atoms with Gasteiger partial charge in [0.25, 0.3) is 0 Å². The standard InChI is InChI=1S/C15H21ClN2/c16-12-6-5-8-14(18-10-3-4-11-18)15(12)13-7-1-2-9-17-13/h5-6,8,13,17H,1-4,7,9-11H2. The molecule has 98 valence electrons. The first-order valence-corrected chi connectivity index (χ1v) is 7.51. The van der Waals surface area contributed by atoms with Crippen molar-refractivity contribution in [2.24, 2.45) is 0 Å². The molecule has 2 aliphatic heterocycles. The van der Waals surface area contributed by atoms with E-state index in [1.165, 1.54) is 56.4 Å². The van der Waals surface area contributed by atoms with E-state index < -0.39 is 0 Å². The lowest BCUT2D eigenvalue weighted by atomic mass is 9.95. The summed E-state index contributed by atoms with van der Waals surface area (Å²) in [5.41, 5.74) is 2.69. The Morgan fingerprint density at radius 2 is 1.94 bits per heavy atom. The predicted molar refractivity (Wildman–Crippen MR) is 77.5 cm³/mol. The van der Waals surface area contributed by atoms with Crippen molar-refractivity contribution in [3.05, 3.63) is 28.8 Å². The number of hydrogen-bond acceptors (Lipinski definition) is 2. The summed E-state index contributed by atoms with van der Waals surface area (Å²) in [4.78, 5) is 2.50. The average Bonchev–Trinajstić information content (AvgIpc) is 2.93. The van der Waals surface area contributed by atoms with Crippen LogP contribution in [0.1, 0.15) is 43.7 Å².